The van der Waals surface area contributed by atoms with Crippen molar-refractivity contribution in [1.82, 2.24) is 9.97 Å². The van der Waals surface area contributed by atoms with E-state index in [-0.39, 0.29) is 5.41 Å². The highest BCUT2D eigenvalue weighted by Gasteiger charge is 2.15. The Bertz CT molecular complexity index is 565. The third-order valence-electron chi connectivity index (χ3n) is 3.36. The van der Waals surface area contributed by atoms with Crippen molar-refractivity contribution in [2.24, 2.45) is 0 Å². The van der Waals surface area contributed by atoms with Crippen molar-refractivity contribution in [1.29, 1.82) is 0 Å². The number of hydrogen-bond donors (Lipinski definition) is 0. The molecule has 0 saturated heterocycles. The fourth-order valence-electron chi connectivity index (χ4n) is 2.16. The molecule has 0 aliphatic carbocycles. The molecule has 0 amide bonds. The lowest BCUT2D eigenvalue weighted by molar-refractivity contribution is 0.591. The van der Waals surface area contributed by atoms with Gasteiger partial charge in [-0.1, -0.05) is 40.7 Å². The number of fused-ring (bicyclic) bond motifs is 1. The molecule has 0 unspecified atom stereocenters. The molecule has 1 heterocycles. The summed E-state index contributed by atoms with van der Waals surface area (Å²) in [5, 5.41) is 0. The van der Waals surface area contributed by atoms with E-state index in [9.17, 15) is 0 Å². The van der Waals surface area contributed by atoms with Crippen LogP contribution >= 0.6 is 0 Å². The molecule has 2 rings (SSSR count). The summed E-state index contributed by atoms with van der Waals surface area (Å²) in [6.45, 7) is 11.0. The second-order valence-corrected chi connectivity index (χ2v) is 5.78. The maximum atomic E-state index is 4.78. The van der Waals surface area contributed by atoms with Gasteiger partial charge in [0.1, 0.15) is 0 Å². The second-order valence-electron chi connectivity index (χ2n) is 5.78. The first-order valence-electron chi connectivity index (χ1n) is 6.75. The summed E-state index contributed by atoms with van der Waals surface area (Å²) in [6, 6.07) is 6.45. The van der Waals surface area contributed by atoms with Gasteiger partial charge in [0.25, 0.3) is 0 Å². The van der Waals surface area contributed by atoms with E-state index in [1.54, 1.807) is 0 Å². The minimum absolute atomic E-state index is 0.158. The average molecular weight is 242 g/mol. The van der Waals surface area contributed by atoms with E-state index in [4.69, 9.17) is 9.97 Å². The molecule has 2 nitrogen and oxygen atoms in total. The summed E-state index contributed by atoms with van der Waals surface area (Å²) in [7, 11) is 0. The van der Waals surface area contributed by atoms with Crippen molar-refractivity contribution >= 4 is 11.0 Å². The molecule has 1 aromatic carbocycles. The molecule has 0 N–H and O–H groups in total. The van der Waals surface area contributed by atoms with Gasteiger partial charge in [0.05, 0.1) is 22.4 Å². The molecule has 1 aromatic heterocycles. The Kier molecular flexibility index (Phi) is 3.38. The lowest BCUT2D eigenvalue weighted by Crippen LogP contribution is -2.11. The molecule has 0 bridgehead atoms. The Hall–Kier alpha value is -1.44. The summed E-state index contributed by atoms with van der Waals surface area (Å²) in [5.74, 6) is 0. The van der Waals surface area contributed by atoms with E-state index < -0.39 is 0 Å². The van der Waals surface area contributed by atoms with Crippen molar-refractivity contribution in [2.75, 3.05) is 0 Å². The van der Waals surface area contributed by atoms with Crippen molar-refractivity contribution in [2.45, 2.75) is 52.9 Å². The van der Waals surface area contributed by atoms with Crippen LogP contribution in [0.25, 0.3) is 11.0 Å². The SMILES string of the molecule is CCc1nc2ccc(C(C)(C)C)cc2nc1CC. The summed E-state index contributed by atoms with van der Waals surface area (Å²) in [5.41, 5.74) is 5.78. The molecule has 0 radical (unpaired) electrons. The molecule has 0 aliphatic rings. The van der Waals surface area contributed by atoms with Crippen LogP contribution in [0, 0.1) is 0 Å². The van der Waals surface area contributed by atoms with E-state index >= 15 is 0 Å². The molecular formula is C16H22N2. The molecule has 0 atom stereocenters. The van der Waals surface area contributed by atoms with Gasteiger partial charge >= 0.3 is 0 Å². The minimum Gasteiger partial charge on any atom is -0.249 e. The summed E-state index contributed by atoms with van der Waals surface area (Å²) in [6.07, 6.45) is 1.90. The first-order valence-corrected chi connectivity index (χ1v) is 6.75. The maximum absolute atomic E-state index is 4.78. The van der Waals surface area contributed by atoms with E-state index in [0.29, 0.717) is 0 Å². The molecule has 2 aromatic rings. The highest BCUT2D eigenvalue weighted by molar-refractivity contribution is 5.75. The third kappa shape index (κ3) is 2.38. The van der Waals surface area contributed by atoms with E-state index in [2.05, 4.69) is 52.8 Å². The zero-order valence-electron chi connectivity index (χ0n) is 12.0. The number of aromatic nitrogens is 2. The van der Waals surface area contributed by atoms with Crippen LogP contribution in [-0.2, 0) is 18.3 Å². The smallest absolute Gasteiger partial charge is 0.0893 e. The van der Waals surface area contributed by atoms with E-state index in [0.717, 1.165) is 35.3 Å². The highest BCUT2D eigenvalue weighted by atomic mass is 14.8. The van der Waals surface area contributed by atoms with E-state index in [1.807, 2.05) is 0 Å². The first kappa shape index (κ1) is 13.0. The van der Waals surface area contributed by atoms with Gasteiger partial charge in [-0.15, -0.1) is 0 Å². The molecule has 0 spiro atoms. The van der Waals surface area contributed by atoms with E-state index in [1.165, 1.54) is 5.56 Å². The minimum atomic E-state index is 0.158. The van der Waals surface area contributed by atoms with Crippen LogP contribution in [-0.4, -0.2) is 9.97 Å². The Morgan fingerprint density at radius 2 is 1.44 bits per heavy atom. The van der Waals surface area contributed by atoms with Crippen LogP contribution in [0.5, 0.6) is 0 Å². The lowest BCUT2D eigenvalue weighted by atomic mass is 9.87. The molecular weight excluding hydrogens is 220 g/mol. The molecule has 96 valence electrons. The average Bonchev–Trinajstić information content (AvgIpc) is 2.35. The van der Waals surface area contributed by atoms with Crippen molar-refractivity contribution in [3.63, 3.8) is 0 Å². The van der Waals surface area contributed by atoms with Crippen molar-refractivity contribution < 1.29 is 0 Å². The zero-order chi connectivity index (χ0) is 13.3. The number of aryl methyl sites for hydroxylation is 2. The molecule has 0 fully saturated rings. The van der Waals surface area contributed by atoms with Gasteiger partial charge in [0, 0.05) is 0 Å². The van der Waals surface area contributed by atoms with Gasteiger partial charge in [-0.05, 0) is 36.0 Å². The summed E-state index contributed by atoms with van der Waals surface area (Å²) >= 11 is 0. The number of nitrogens with zero attached hydrogens (tertiary/aromatic N) is 2. The van der Waals surface area contributed by atoms with Crippen molar-refractivity contribution in [3.05, 3.63) is 35.2 Å². The highest BCUT2D eigenvalue weighted by Crippen LogP contribution is 2.25. The van der Waals surface area contributed by atoms with Gasteiger partial charge in [-0.2, -0.15) is 0 Å². The fraction of sp³-hybridized carbons (Fsp3) is 0.500. The van der Waals surface area contributed by atoms with Gasteiger partial charge in [0.15, 0.2) is 0 Å². The predicted molar refractivity (Wildman–Crippen MR) is 77.0 cm³/mol. The Morgan fingerprint density at radius 1 is 0.889 bits per heavy atom. The standard InChI is InChI=1S/C16H22N2/c1-6-12-13(7-2)18-15-10-11(16(3,4)5)8-9-14(15)17-12/h8-10H,6-7H2,1-5H3. The fourth-order valence-corrected chi connectivity index (χ4v) is 2.16. The number of benzene rings is 1. The topological polar surface area (TPSA) is 25.8 Å². The number of hydrogen-bond acceptors (Lipinski definition) is 2. The molecule has 0 saturated carbocycles. The van der Waals surface area contributed by atoms with Crippen LogP contribution in [0.3, 0.4) is 0 Å². The largest absolute Gasteiger partial charge is 0.249 e. The second kappa shape index (κ2) is 4.68. The molecule has 0 aliphatic heterocycles. The lowest BCUT2D eigenvalue weighted by Gasteiger charge is -2.19. The Balaban J connectivity index is 2.63. The molecule has 18 heavy (non-hydrogen) atoms. The van der Waals surface area contributed by atoms with Gasteiger partial charge in [-0.25, -0.2) is 9.97 Å². The quantitative estimate of drug-likeness (QED) is 0.794. The van der Waals surface area contributed by atoms with Crippen LogP contribution in [0.2, 0.25) is 0 Å². The maximum Gasteiger partial charge on any atom is 0.0893 e. The summed E-state index contributed by atoms with van der Waals surface area (Å²) < 4.78 is 0. The number of rotatable bonds is 2. The Labute approximate surface area is 109 Å². The normalized spacial score (nSPS) is 12.1. The van der Waals surface area contributed by atoms with Gasteiger partial charge in [0.2, 0.25) is 0 Å². The van der Waals surface area contributed by atoms with Crippen LogP contribution in [0.15, 0.2) is 18.2 Å². The van der Waals surface area contributed by atoms with Gasteiger partial charge in [-0.3, -0.25) is 0 Å². The third-order valence-corrected chi connectivity index (χ3v) is 3.36. The monoisotopic (exact) mass is 242 g/mol. The Morgan fingerprint density at radius 3 is 1.94 bits per heavy atom. The predicted octanol–water partition coefficient (Wildman–Crippen LogP) is 4.05. The zero-order valence-corrected chi connectivity index (χ0v) is 12.0. The van der Waals surface area contributed by atoms with Crippen molar-refractivity contribution in [3.8, 4) is 0 Å². The van der Waals surface area contributed by atoms with Gasteiger partial charge < -0.3 is 0 Å². The van der Waals surface area contributed by atoms with Crippen LogP contribution in [0.1, 0.15) is 51.6 Å². The van der Waals surface area contributed by atoms with Crippen LogP contribution in [0.4, 0.5) is 0 Å². The first-order chi connectivity index (χ1) is 8.45. The molecule has 2 heteroatoms. The summed E-state index contributed by atoms with van der Waals surface area (Å²) in [4.78, 5) is 9.50. The van der Waals surface area contributed by atoms with Crippen LogP contribution < -0.4 is 0 Å².